The van der Waals surface area contributed by atoms with E-state index in [4.69, 9.17) is 0 Å². The summed E-state index contributed by atoms with van der Waals surface area (Å²) in [5, 5.41) is 9.38. The molecule has 2 aliphatic rings. The second kappa shape index (κ2) is 7.69. The molecule has 4 aromatic rings. The molecule has 32 heavy (non-hydrogen) atoms. The van der Waals surface area contributed by atoms with E-state index in [-0.39, 0.29) is 11.9 Å². The summed E-state index contributed by atoms with van der Waals surface area (Å²) in [6, 6.07) is 30.9. The Labute approximate surface area is 187 Å². The number of carbonyl (C=O) groups is 1. The molecule has 0 radical (unpaired) electrons. The van der Waals surface area contributed by atoms with Gasteiger partial charge in [0.2, 0.25) is 0 Å². The van der Waals surface area contributed by atoms with Crippen molar-refractivity contribution in [2.24, 2.45) is 5.92 Å². The molecule has 1 heterocycles. The van der Waals surface area contributed by atoms with E-state index in [2.05, 4.69) is 71.3 Å². The number of amides is 1. The van der Waals surface area contributed by atoms with Crippen molar-refractivity contribution in [2.45, 2.75) is 18.4 Å². The molecule has 0 saturated heterocycles. The summed E-state index contributed by atoms with van der Waals surface area (Å²) >= 11 is 0. The number of hydrogen-bond donors (Lipinski definition) is 2. The van der Waals surface area contributed by atoms with Crippen LogP contribution in [0.4, 0.5) is 11.4 Å². The first kappa shape index (κ1) is 18.9. The Balaban J connectivity index is 1.44. The fourth-order valence-corrected chi connectivity index (χ4v) is 5.36. The zero-order chi connectivity index (χ0) is 21.5. The number of benzene rings is 4. The van der Waals surface area contributed by atoms with Crippen LogP contribution in [0.2, 0.25) is 0 Å². The maximum absolute atomic E-state index is 13.3. The molecule has 6 rings (SSSR count). The number of anilines is 2. The third kappa shape index (κ3) is 3.09. The van der Waals surface area contributed by atoms with Crippen LogP contribution in [-0.4, -0.2) is 5.91 Å². The summed E-state index contributed by atoms with van der Waals surface area (Å²) < 4.78 is 0. The van der Waals surface area contributed by atoms with Crippen molar-refractivity contribution in [1.29, 1.82) is 0 Å². The molecule has 3 nitrogen and oxygen atoms in total. The zero-order valence-corrected chi connectivity index (χ0v) is 17.7. The van der Waals surface area contributed by atoms with Gasteiger partial charge in [0, 0.05) is 11.6 Å². The standard InChI is InChI=1S/C29H24N2O/c32-29(30-20-11-2-1-3-12-20)26-18-8-17-25-22-14-7-16-24(22)27(31-28(25)26)23-15-6-10-19-9-4-5-13-21(19)23/h1-15,17-18,22,24,27,31H,16H2,(H,30,32). The number of fused-ring (bicyclic) bond motifs is 4. The van der Waals surface area contributed by atoms with E-state index in [1.54, 1.807) is 0 Å². The SMILES string of the molecule is O=C(Nc1ccccc1)c1cccc2c1NC(c1cccc3ccccc13)C1CC=CC21. The summed E-state index contributed by atoms with van der Waals surface area (Å²) in [4.78, 5) is 13.3. The smallest absolute Gasteiger partial charge is 0.257 e. The number of nitrogens with one attached hydrogen (secondary N) is 2. The molecular weight excluding hydrogens is 392 g/mol. The van der Waals surface area contributed by atoms with Crippen molar-refractivity contribution in [1.82, 2.24) is 0 Å². The average Bonchev–Trinajstić information content (AvgIpc) is 3.34. The molecule has 2 N–H and O–H groups in total. The molecule has 3 atom stereocenters. The van der Waals surface area contributed by atoms with Gasteiger partial charge in [-0.3, -0.25) is 4.79 Å². The molecular formula is C29H24N2O. The van der Waals surface area contributed by atoms with Crippen LogP contribution in [0.25, 0.3) is 10.8 Å². The van der Waals surface area contributed by atoms with Gasteiger partial charge in [-0.05, 0) is 52.4 Å². The van der Waals surface area contributed by atoms with Gasteiger partial charge in [-0.15, -0.1) is 0 Å². The lowest BCUT2D eigenvalue weighted by atomic mass is 9.75. The second-order valence-corrected chi connectivity index (χ2v) is 8.63. The molecule has 156 valence electrons. The number of carbonyl (C=O) groups excluding carboxylic acids is 1. The molecule has 1 amide bonds. The lowest BCUT2D eigenvalue weighted by molar-refractivity contribution is 0.102. The van der Waals surface area contributed by atoms with Crippen molar-refractivity contribution in [3.8, 4) is 0 Å². The van der Waals surface area contributed by atoms with Crippen molar-refractivity contribution in [3.05, 3.63) is 120 Å². The van der Waals surface area contributed by atoms with Crippen LogP contribution in [0.5, 0.6) is 0 Å². The normalized spacial score (nSPS) is 20.9. The average molecular weight is 417 g/mol. The minimum Gasteiger partial charge on any atom is -0.377 e. The molecule has 1 aliphatic carbocycles. The molecule has 0 spiro atoms. The monoisotopic (exact) mass is 416 g/mol. The fourth-order valence-electron chi connectivity index (χ4n) is 5.36. The van der Waals surface area contributed by atoms with Crippen molar-refractivity contribution in [3.63, 3.8) is 0 Å². The third-order valence-electron chi connectivity index (χ3n) is 6.83. The number of allylic oxidation sites excluding steroid dienone is 2. The Bertz CT molecular complexity index is 1340. The second-order valence-electron chi connectivity index (χ2n) is 8.63. The van der Waals surface area contributed by atoms with E-state index in [9.17, 15) is 4.79 Å². The number of hydrogen-bond acceptors (Lipinski definition) is 2. The molecule has 3 unspecified atom stereocenters. The maximum Gasteiger partial charge on any atom is 0.257 e. The minimum atomic E-state index is -0.0855. The molecule has 4 aromatic carbocycles. The predicted molar refractivity (Wildman–Crippen MR) is 131 cm³/mol. The summed E-state index contributed by atoms with van der Waals surface area (Å²) in [6.45, 7) is 0. The summed E-state index contributed by atoms with van der Waals surface area (Å²) in [5.41, 5.74) is 4.95. The lowest BCUT2D eigenvalue weighted by Gasteiger charge is -2.38. The number of para-hydroxylation sites is 2. The van der Waals surface area contributed by atoms with Crippen LogP contribution >= 0.6 is 0 Å². The number of rotatable bonds is 3. The van der Waals surface area contributed by atoms with Gasteiger partial charge in [-0.2, -0.15) is 0 Å². The van der Waals surface area contributed by atoms with Crippen LogP contribution in [-0.2, 0) is 0 Å². The van der Waals surface area contributed by atoms with Gasteiger partial charge in [0.15, 0.2) is 0 Å². The molecule has 1 aliphatic heterocycles. The van der Waals surface area contributed by atoms with E-state index in [1.165, 1.54) is 21.9 Å². The molecule has 0 bridgehead atoms. The van der Waals surface area contributed by atoms with Crippen molar-refractivity contribution >= 4 is 28.1 Å². The highest BCUT2D eigenvalue weighted by Gasteiger charge is 2.39. The van der Waals surface area contributed by atoms with E-state index < -0.39 is 0 Å². The van der Waals surface area contributed by atoms with Gasteiger partial charge in [0.25, 0.3) is 5.91 Å². The fraction of sp³-hybridized carbons (Fsp3) is 0.138. The van der Waals surface area contributed by atoms with Gasteiger partial charge in [0.1, 0.15) is 0 Å². The predicted octanol–water partition coefficient (Wildman–Crippen LogP) is 6.92. The Morgan fingerprint density at radius 3 is 2.47 bits per heavy atom. The van der Waals surface area contributed by atoms with Gasteiger partial charge >= 0.3 is 0 Å². The Kier molecular flexibility index (Phi) is 4.53. The molecule has 0 fully saturated rings. The van der Waals surface area contributed by atoms with E-state index in [0.717, 1.165) is 17.8 Å². The largest absolute Gasteiger partial charge is 0.377 e. The highest BCUT2D eigenvalue weighted by atomic mass is 16.1. The van der Waals surface area contributed by atoms with Crippen LogP contribution < -0.4 is 10.6 Å². The Morgan fingerprint density at radius 2 is 1.56 bits per heavy atom. The van der Waals surface area contributed by atoms with Crippen molar-refractivity contribution in [2.75, 3.05) is 10.6 Å². The topological polar surface area (TPSA) is 41.1 Å². The first-order chi connectivity index (χ1) is 15.8. The van der Waals surface area contributed by atoms with Crippen LogP contribution in [0, 0.1) is 5.92 Å². The zero-order valence-electron chi connectivity index (χ0n) is 17.7. The lowest BCUT2D eigenvalue weighted by Crippen LogP contribution is -2.31. The maximum atomic E-state index is 13.3. The molecule has 3 heteroatoms. The quantitative estimate of drug-likeness (QED) is 0.356. The van der Waals surface area contributed by atoms with Gasteiger partial charge < -0.3 is 10.6 Å². The van der Waals surface area contributed by atoms with Crippen LogP contribution in [0.3, 0.4) is 0 Å². The summed E-state index contributed by atoms with van der Waals surface area (Å²) in [7, 11) is 0. The molecule has 0 saturated carbocycles. The first-order valence-electron chi connectivity index (χ1n) is 11.2. The summed E-state index contributed by atoms with van der Waals surface area (Å²) in [5.74, 6) is 0.651. The van der Waals surface area contributed by atoms with E-state index in [0.29, 0.717) is 17.4 Å². The minimum absolute atomic E-state index is 0.0855. The third-order valence-corrected chi connectivity index (χ3v) is 6.83. The highest BCUT2D eigenvalue weighted by Crippen LogP contribution is 2.51. The molecule has 0 aromatic heterocycles. The first-order valence-corrected chi connectivity index (χ1v) is 11.2. The Hall–Kier alpha value is -3.85. The van der Waals surface area contributed by atoms with Gasteiger partial charge in [-0.1, -0.05) is 84.9 Å². The van der Waals surface area contributed by atoms with Gasteiger partial charge in [0.05, 0.1) is 17.3 Å². The van der Waals surface area contributed by atoms with Crippen LogP contribution in [0.15, 0.2) is 103 Å². The van der Waals surface area contributed by atoms with Crippen LogP contribution in [0.1, 0.15) is 39.9 Å². The van der Waals surface area contributed by atoms with Crippen molar-refractivity contribution < 1.29 is 4.79 Å². The highest BCUT2D eigenvalue weighted by molar-refractivity contribution is 6.08. The summed E-state index contributed by atoms with van der Waals surface area (Å²) in [6.07, 6.45) is 5.65. The van der Waals surface area contributed by atoms with E-state index in [1.807, 2.05) is 42.5 Å². The van der Waals surface area contributed by atoms with E-state index >= 15 is 0 Å². The Morgan fingerprint density at radius 1 is 0.812 bits per heavy atom. The van der Waals surface area contributed by atoms with Gasteiger partial charge in [-0.25, -0.2) is 0 Å².